The normalized spacial score (nSPS) is 18.6. The molecule has 28 heavy (non-hydrogen) atoms. The third-order valence-corrected chi connectivity index (χ3v) is 4.23. The van der Waals surface area contributed by atoms with Crippen LogP contribution in [0.5, 0.6) is 0 Å². The van der Waals surface area contributed by atoms with Crippen molar-refractivity contribution >= 4 is 12.1 Å². The van der Waals surface area contributed by atoms with Crippen LogP contribution in [0.15, 0.2) is 4.99 Å². The van der Waals surface area contributed by atoms with E-state index in [9.17, 15) is 4.79 Å². The molecule has 0 radical (unpaired) electrons. The molecule has 2 atom stereocenters. The summed E-state index contributed by atoms with van der Waals surface area (Å²) in [6.07, 6.45) is 3.45. The number of nitrogens with zero attached hydrogens (tertiary/aromatic N) is 1. The fraction of sp³-hybridized carbons (Fsp3) is 0.900. The lowest BCUT2D eigenvalue weighted by atomic mass is 10.1. The number of guanidine groups is 1. The van der Waals surface area contributed by atoms with Crippen LogP contribution in [-0.2, 0) is 14.2 Å². The first kappa shape index (κ1) is 24.5. The molecule has 1 aliphatic heterocycles. The highest BCUT2D eigenvalue weighted by Gasteiger charge is 2.19. The van der Waals surface area contributed by atoms with Crippen molar-refractivity contribution in [2.45, 2.75) is 65.0 Å². The van der Waals surface area contributed by atoms with Crippen molar-refractivity contribution in [1.82, 2.24) is 16.0 Å². The molecule has 1 aliphatic rings. The van der Waals surface area contributed by atoms with Crippen LogP contribution in [-0.4, -0.2) is 70.3 Å². The van der Waals surface area contributed by atoms with E-state index in [1.54, 1.807) is 7.05 Å². The number of alkyl carbamates (subject to hydrolysis) is 1. The molecule has 3 N–H and O–H groups in total. The molecular weight excluding hydrogens is 360 g/mol. The molecule has 0 spiro atoms. The molecule has 2 unspecified atom stereocenters. The van der Waals surface area contributed by atoms with E-state index in [0.717, 1.165) is 64.6 Å². The molecule has 0 aliphatic carbocycles. The largest absolute Gasteiger partial charge is 0.444 e. The topological polar surface area (TPSA) is 93.2 Å². The van der Waals surface area contributed by atoms with E-state index in [1.807, 2.05) is 20.8 Å². The zero-order chi connectivity index (χ0) is 20.8. The third kappa shape index (κ3) is 12.0. The standard InChI is InChI=1S/C20H40N4O4/c1-6-8-17(24-19(25)28-20(2,3)4)13-23-18(21-5)22-10-7-11-26-14-16-9-12-27-15-16/h16-17H,6-15H2,1-5H3,(H,24,25)(H2,21,22,23). The second-order valence-electron chi connectivity index (χ2n) is 8.17. The minimum absolute atomic E-state index is 0.0182. The number of rotatable bonds is 11. The highest BCUT2D eigenvalue weighted by Crippen LogP contribution is 2.12. The molecule has 0 aromatic carbocycles. The molecule has 0 saturated carbocycles. The van der Waals surface area contributed by atoms with E-state index in [0.29, 0.717) is 12.5 Å². The summed E-state index contributed by atoms with van der Waals surface area (Å²) in [6.45, 7) is 12.2. The summed E-state index contributed by atoms with van der Waals surface area (Å²) in [6, 6.07) is -0.0182. The Kier molecular flexibility index (Phi) is 11.9. The quantitative estimate of drug-likeness (QED) is 0.280. The van der Waals surface area contributed by atoms with Crippen LogP contribution < -0.4 is 16.0 Å². The third-order valence-electron chi connectivity index (χ3n) is 4.23. The van der Waals surface area contributed by atoms with Gasteiger partial charge in [-0.3, -0.25) is 4.99 Å². The molecule has 1 heterocycles. The van der Waals surface area contributed by atoms with E-state index in [-0.39, 0.29) is 12.1 Å². The van der Waals surface area contributed by atoms with Gasteiger partial charge in [0.2, 0.25) is 0 Å². The summed E-state index contributed by atoms with van der Waals surface area (Å²) in [5.41, 5.74) is -0.501. The second kappa shape index (κ2) is 13.6. The van der Waals surface area contributed by atoms with E-state index >= 15 is 0 Å². The minimum Gasteiger partial charge on any atom is -0.444 e. The maximum atomic E-state index is 12.0. The zero-order valence-corrected chi connectivity index (χ0v) is 18.3. The first-order chi connectivity index (χ1) is 13.3. The van der Waals surface area contributed by atoms with Gasteiger partial charge in [0.15, 0.2) is 5.96 Å². The SMILES string of the molecule is CCCC(CNC(=NC)NCCCOCC1CCOC1)NC(=O)OC(C)(C)C. The molecule has 8 nitrogen and oxygen atoms in total. The smallest absolute Gasteiger partial charge is 0.407 e. The van der Waals surface area contributed by atoms with Crippen LogP contribution in [0, 0.1) is 5.92 Å². The monoisotopic (exact) mass is 400 g/mol. The number of ether oxygens (including phenoxy) is 3. The first-order valence-electron chi connectivity index (χ1n) is 10.4. The van der Waals surface area contributed by atoms with Gasteiger partial charge in [-0.1, -0.05) is 13.3 Å². The van der Waals surface area contributed by atoms with Gasteiger partial charge in [-0.2, -0.15) is 0 Å². The highest BCUT2D eigenvalue weighted by atomic mass is 16.6. The van der Waals surface area contributed by atoms with Crippen molar-refractivity contribution in [3.05, 3.63) is 0 Å². The lowest BCUT2D eigenvalue weighted by Gasteiger charge is -2.24. The average Bonchev–Trinajstić information content (AvgIpc) is 3.12. The van der Waals surface area contributed by atoms with Gasteiger partial charge in [-0.05, 0) is 40.0 Å². The van der Waals surface area contributed by atoms with Gasteiger partial charge in [0.25, 0.3) is 0 Å². The summed E-state index contributed by atoms with van der Waals surface area (Å²) >= 11 is 0. The predicted molar refractivity (Wildman–Crippen MR) is 112 cm³/mol. The maximum Gasteiger partial charge on any atom is 0.407 e. The van der Waals surface area contributed by atoms with Gasteiger partial charge in [-0.15, -0.1) is 0 Å². The Morgan fingerprint density at radius 1 is 1.32 bits per heavy atom. The van der Waals surface area contributed by atoms with E-state index in [1.165, 1.54) is 0 Å². The molecule has 1 rings (SSSR count). The number of hydrogen-bond acceptors (Lipinski definition) is 5. The average molecular weight is 401 g/mol. The Morgan fingerprint density at radius 2 is 2.11 bits per heavy atom. The summed E-state index contributed by atoms with van der Waals surface area (Å²) in [5.74, 6) is 1.27. The van der Waals surface area contributed by atoms with E-state index in [2.05, 4.69) is 27.9 Å². The Balaban J connectivity index is 2.20. The van der Waals surface area contributed by atoms with E-state index < -0.39 is 5.60 Å². The Morgan fingerprint density at radius 3 is 2.71 bits per heavy atom. The fourth-order valence-corrected chi connectivity index (χ4v) is 2.83. The number of aliphatic imine (C=N–C) groups is 1. The van der Waals surface area contributed by atoms with Gasteiger partial charge in [0, 0.05) is 45.3 Å². The second-order valence-corrected chi connectivity index (χ2v) is 8.17. The van der Waals surface area contributed by atoms with Crippen LogP contribution in [0.2, 0.25) is 0 Å². The van der Waals surface area contributed by atoms with Crippen LogP contribution >= 0.6 is 0 Å². The number of nitrogens with one attached hydrogen (secondary N) is 3. The zero-order valence-electron chi connectivity index (χ0n) is 18.3. The highest BCUT2D eigenvalue weighted by molar-refractivity contribution is 5.79. The summed E-state index contributed by atoms with van der Waals surface area (Å²) in [5, 5.41) is 9.47. The summed E-state index contributed by atoms with van der Waals surface area (Å²) in [7, 11) is 1.74. The molecule has 1 saturated heterocycles. The van der Waals surface area contributed by atoms with Crippen LogP contribution in [0.1, 0.15) is 53.4 Å². The molecule has 0 bridgehead atoms. The number of hydrogen-bond donors (Lipinski definition) is 3. The molecule has 0 aromatic rings. The first-order valence-corrected chi connectivity index (χ1v) is 10.4. The van der Waals surface area contributed by atoms with Gasteiger partial charge >= 0.3 is 6.09 Å². The number of carbonyl (C=O) groups excluding carboxylic acids is 1. The van der Waals surface area contributed by atoms with Crippen LogP contribution in [0.25, 0.3) is 0 Å². The molecule has 1 amide bonds. The summed E-state index contributed by atoms with van der Waals surface area (Å²) in [4.78, 5) is 16.2. The van der Waals surface area contributed by atoms with Crippen molar-refractivity contribution in [3.63, 3.8) is 0 Å². The number of amides is 1. The molecule has 8 heteroatoms. The maximum absolute atomic E-state index is 12.0. The lowest BCUT2D eigenvalue weighted by molar-refractivity contribution is 0.0502. The Labute approximate surface area is 170 Å². The van der Waals surface area contributed by atoms with Crippen molar-refractivity contribution in [1.29, 1.82) is 0 Å². The lowest BCUT2D eigenvalue weighted by Crippen LogP contribution is -2.48. The van der Waals surface area contributed by atoms with Gasteiger partial charge < -0.3 is 30.2 Å². The van der Waals surface area contributed by atoms with E-state index in [4.69, 9.17) is 14.2 Å². The van der Waals surface area contributed by atoms with Crippen LogP contribution in [0.4, 0.5) is 4.79 Å². The van der Waals surface area contributed by atoms with Crippen molar-refractivity contribution in [2.75, 3.05) is 46.6 Å². The van der Waals surface area contributed by atoms with Gasteiger partial charge in [0.1, 0.15) is 5.60 Å². The van der Waals surface area contributed by atoms with Crippen molar-refractivity contribution in [2.24, 2.45) is 10.9 Å². The fourth-order valence-electron chi connectivity index (χ4n) is 2.83. The predicted octanol–water partition coefficient (Wildman–Crippen LogP) is 2.29. The van der Waals surface area contributed by atoms with Crippen molar-refractivity contribution < 1.29 is 19.0 Å². The molecule has 164 valence electrons. The Hall–Kier alpha value is -1.54. The van der Waals surface area contributed by atoms with Crippen molar-refractivity contribution in [3.8, 4) is 0 Å². The summed E-state index contributed by atoms with van der Waals surface area (Å²) < 4.78 is 16.4. The van der Waals surface area contributed by atoms with Gasteiger partial charge in [-0.25, -0.2) is 4.79 Å². The van der Waals surface area contributed by atoms with Gasteiger partial charge in [0.05, 0.1) is 13.2 Å². The van der Waals surface area contributed by atoms with Crippen LogP contribution in [0.3, 0.4) is 0 Å². The number of carbonyl (C=O) groups is 1. The minimum atomic E-state index is -0.501. The molecule has 1 fully saturated rings. The molecule has 0 aromatic heterocycles. The molecular formula is C20H40N4O4. The Bertz CT molecular complexity index is 460.